The third-order valence-corrected chi connectivity index (χ3v) is 3.40. The number of halogens is 1. The first-order valence-electron chi connectivity index (χ1n) is 6.27. The Morgan fingerprint density at radius 1 is 1.35 bits per heavy atom. The molecule has 1 heterocycles. The van der Waals surface area contributed by atoms with Gasteiger partial charge in [0, 0.05) is 31.7 Å². The van der Waals surface area contributed by atoms with Gasteiger partial charge < -0.3 is 10.6 Å². The van der Waals surface area contributed by atoms with Gasteiger partial charge in [-0.3, -0.25) is 9.78 Å². The van der Waals surface area contributed by atoms with E-state index >= 15 is 0 Å². The summed E-state index contributed by atoms with van der Waals surface area (Å²) in [6, 6.07) is 7.27. The van der Waals surface area contributed by atoms with Crippen molar-refractivity contribution >= 4 is 23.2 Å². The SMILES string of the molecule is CNC(=O)c1cc(NCc2cnccc2C)ccc1Cl. The maximum atomic E-state index is 11.7. The predicted octanol–water partition coefficient (Wildman–Crippen LogP) is 3.02. The number of aromatic nitrogens is 1. The highest BCUT2D eigenvalue weighted by Gasteiger charge is 2.09. The van der Waals surface area contributed by atoms with Crippen molar-refractivity contribution < 1.29 is 4.79 Å². The van der Waals surface area contributed by atoms with E-state index in [-0.39, 0.29) is 5.91 Å². The Morgan fingerprint density at radius 3 is 2.85 bits per heavy atom. The van der Waals surface area contributed by atoms with Crippen LogP contribution in [0.25, 0.3) is 0 Å². The summed E-state index contributed by atoms with van der Waals surface area (Å²) < 4.78 is 0. The van der Waals surface area contributed by atoms with Crippen molar-refractivity contribution in [1.29, 1.82) is 0 Å². The number of nitrogens with zero attached hydrogens (tertiary/aromatic N) is 1. The van der Waals surface area contributed by atoms with E-state index in [0.29, 0.717) is 17.1 Å². The number of anilines is 1. The van der Waals surface area contributed by atoms with Crippen LogP contribution in [-0.2, 0) is 6.54 Å². The number of pyridine rings is 1. The van der Waals surface area contributed by atoms with Gasteiger partial charge in [0.1, 0.15) is 0 Å². The summed E-state index contributed by atoms with van der Waals surface area (Å²) in [4.78, 5) is 15.8. The van der Waals surface area contributed by atoms with Crippen molar-refractivity contribution in [3.05, 3.63) is 58.4 Å². The molecule has 0 unspecified atom stereocenters. The first-order chi connectivity index (χ1) is 9.61. The average molecular weight is 290 g/mol. The zero-order chi connectivity index (χ0) is 14.5. The lowest BCUT2D eigenvalue weighted by atomic mass is 10.1. The highest BCUT2D eigenvalue weighted by molar-refractivity contribution is 6.34. The summed E-state index contributed by atoms with van der Waals surface area (Å²) in [7, 11) is 1.58. The van der Waals surface area contributed by atoms with Gasteiger partial charge in [-0.25, -0.2) is 0 Å². The number of amides is 1. The molecule has 0 bridgehead atoms. The van der Waals surface area contributed by atoms with Crippen LogP contribution in [0.2, 0.25) is 5.02 Å². The van der Waals surface area contributed by atoms with Crippen LogP contribution in [0.15, 0.2) is 36.7 Å². The summed E-state index contributed by atoms with van der Waals surface area (Å²) in [5, 5.41) is 6.28. The maximum absolute atomic E-state index is 11.7. The van der Waals surface area contributed by atoms with E-state index in [0.717, 1.165) is 11.3 Å². The Hall–Kier alpha value is -2.07. The van der Waals surface area contributed by atoms with Crippen LogP contribution in [0.4, 0.5) is 5.69 Å². The van der Waals surface area contributed by atoms with Gasteiger partial charge in [-0.15, -0.1) is 0 Å². The molecule has 4 nitrogen and oxygen atoms in total. The van der Waals surface area contributed by atoms with Crippen LogP contribution in [0.5, 0.6) is 0 Å². The minimum atomic E-state index is -0.198. The molecule has 1 amide bonds. The van der Waals surface area contributed by atoms with Gasteiger partial charge in [-0.1, -0.05) is 11.6 Å². The fourth-order valence-electron chi connectivity index (χ4n) is 1.82. The Kier molecular flexibility index (Phi) is 4.58. The summed E-state index contributed by atoms with van der Waals surface area (Å²) >= 11 is 6.01. The summed E-state index contributed by atoms with van der Waals surface area (Å²) in [5.41, 5.74) is 3.59. The smallest absolute Gasteiger partial charge is 0.252 e. The third kappa shape index (κ3) is 3.27. The lowest BCUT2D eigenvalue weighted by Crippen LogP contribution is -2.18. The van der Waals surface area contributed by atoms with Crippen LogP contribution in [0.1, 0.15) is 21.5 Å². The number of nitrogens with one attached hydrogen (secondary N) is 2. The van der Waals surface area contributed by atoms with Crippen molar-refractivity contribution in [3.63, 3.8) is 0 Å². The number of benzene rings is 1. The van der Waals surface area contributed by atoms with Gasteiger partial charge in [0.2, 0.25) is 0 Å². The topological polar surface area (TPSA) is 54.0 Å². The molecule has 0 aliphatic rings. The van der Waals surface area contributed by atoms with Crippen molar-refractivity contribution in [1.82, 2.24) is 10.3 Å². The molecule has 0 saturated heterocycles. The van der Waals surface area contributed by atoms with E-state index in [1.807, 2.05) is 25.3 Å². The molecule has 20 heavy (non-hydrogen) atoms. The molecule has 104 valence electrons. The number of rotatable bonds is 4. The predicted molar refractivity (Wildman–Crippen MR) is 81.1 cm³/mol. The first kappa shape index (κ1) is 14.3. The third-order valence-electron chi connectivity index (χ3n) is 3.07. The summed E-state index contributed by atoms with van der Waals surface area (Å²) in [6.45, 7) is 2.69. The van der Waals surface area contributed by atoms with Crippen LogP contribution < -0.4 is 10.6 Å². The Morgan fingerprint density at radius 2 is 2.15 bits per heavy atom. The second-order valence-electron chi connectivity index (χ2n) is 4.43. The molecule has 0 radical (unpaired) electrons. The van der Waals surface area contributed by atoms with Crippen molar-refractivity contribution in [2.75, 3.05) is 12.4 Å². The minimum absolute atomic E-state index is 0.198. The largest absolute Gasteiger partial charge is 0.381 e. The van der Waals surface area contributed by atoms with Crippen molar-refractivity contribution in [3.8, 4) is 0 Å². The second-order valence-corrected chi connectivity index (χ2v) is 4.84. The molecular weight excluding hydrogens is 274 g/mol. The zero-order valence-corrected chi connectivity index (χ0v) is 12.2. The van der Waals surface area contributed by atoms with E-state index in [2.05, 4.69) is 15.6 Å². The highest BCUT2D eigenvalue weighted by Crippen LogP contribution is 2.21. The van der Waals surface area contributed by atoms with Gasteiger partial charge in [0.05, 0.1) is 10.6 Å². The van der Waals surface area contributed by atoms with Crippen LogP contribution in [0, 0.1) is 6.92 Å². The normalized spacial score (nSPS) is 10.2. The lowest BCUT2D eigenvalue weighted by Gasteiger charge is -2.10. The minimum Gasteiger partial charge on any atom is -0.381 e. The average Bonchev–Trinajstić information content (AvgIpc) is 2.47. The van der Waals surface area contributed by atoms with Crippen LogP contribution in [-0.4, -0.2) is 17.9 Å². The van der Waals surface area contributed by atoms with Crippen molar-refractivity contribution in [2.24, 2.45) is 0 Å². The number of carbonyl (C=O) groups excluding carboxylic acids is 1. The second kappa shape index (κ2) is 6.39. The molecule has 2 N–H and O–H groups in total. The van der Waals surface area contributed by atoms with E-state index in [1.165, 1.54) is 5.56 Å². The van der Waals surface area contributed by atoms with Crippen LogP contribution in [0.3, 0.4) is 0 Å². The molecule has 0 spiro atoms. The van der Waals surface area contributed by atoms with E-state index in [4.69, 9.17) is 11.6 Å². The Labute approximate surface area is 123 Å². The highest BCUT2D eigenvalue weighted by atomic mass is 35.5. The van der Waals surface area contributed by atoms with Gasteiger partial charge in [0.15, 0.2) is 0 Å². The molecule has 0 atom stereocenters. The Bertz CT molecular complexity index is 628. The number of hydrogen-bond acceptors (Lipinski definition) is 3. The molecule has 0 aliphatic carbocycles. The van der Waals surface area contributed by atoms with E-state index in [1.54, 1.807) is 25.4 Å². The molecular formula is C15H16ClN3O. The fourth-order valence-corrected chi connectivity index (χ4v) is 2.03. The van der Waals surface area contributed by atoms with Gasteiger partial charge >= 0.3 is 0 Å². The fraction of sp³-hybridized carbons (Fsp3) is 0.200. The Balaban J connectivity index is 2.14. The standard InChI is InChI=1S/C15H16ClN3O/c1-10-5-6-18-8-11(10)9-19-12-3-4-14(16)13(7-12)15(20)17-2/h3-8,19H,9H2,1-2H3,(H,17,20). The van der Waals surface area contributed by atoms with E-state index in [9.17, 15) is 4.79 Å². The molecule has 2 aromatic rings. The molecule has 0 aliphatic heterocycles. The van der Waals surface area contributed by atoms with Gasteiger partial charge in [0.25, 0.3) is 5.91 Å². The molecule has 0 saturated carbocycles. The van der Waals surface area contributed by atoms with Crippen LogP contribution >= 0.6 is 11.6 Å². The summed E-state index contributed by atoms with van der Waals surface area (Å²) in [6.07, 6.45) is 3.60. The number of aryl methyl sites for hydroxylation is 1. The quantitative estimate of drug-likeness (QED) is 0.910. The summed E-state index contributed by atoms with van der Waals surface area (Å²) in [5.74, 6) is -0.198. The van der Waals surface area contributed by atoms with Crippen molar-refractivity contribution in [2.45, 2.75) is 13.5 Å². The first-order valence-corrected chi connectivity index (χ1v) is 6.64. The molecule has 1 aromatic carbocycles. The number of hydrogen-bond donors (Lipinski definition) is 2. The lowest BCUT2D eigenvalue weighted by molar-refractivity contribution is 0.0963. The zero-order valence-electron chi connectivity index (χ0n) is 11.4. The molecule has 5 heteroatoms. The van der Waals surface area contributed by atoms with Gasteiger partial charge in [-0.05, 0) is 42.3 Å². The molecule has 2 rings (SSSR count). The van der Waals surface area contributed by atoms with E-state index < -0.39 is 0 Å². The number of carbonyl (C=O) groups is 1. The molecule has 1 aromatic heterocycles. The molecule has 0 fully saturated rings. The van der Waals surface area contributed by atoms with Gasteiger partial charge in [-0.2, -0.15) is 0 Å². The maximum Gasteiger partial charge on any atom is 0.252 e. The monoisotopic (exact) mass is 289 g/mol.